The molecule has 0 atom stereocenters. The van der Waals surface area contributed by atoms with E-state index in [9.17, 15) is 4.79 Å². The topological polar surface area (TPSA) is 60.0 Å². The van der Waals surface area contributed by atoms with Crippen LogP contribution >= 0.6 is 0 Å². The van der Waals surface area contributed by atoms with E-state index in [1.54, 1.807) is 16.8 Å². The minimum absolute atomic E-state index is 0.000210. The molecule has 0 bridgehead atoms. The summed E-state index contributed by atoms with van der Waals surface area (Å²) in [4.78, 5) is 12.2. The number of amides is 1. The molecule has 1 saturated carbocycles. The maximum Gasteiger partial charge on any atom is 0.268 e. The van der Waals surface area contributed by atoms with Crippen LogP contribution < -0.4 is 11.1 Å². The number of aryl methyl sites for hydroxylation is 1. The molecule has 0 aliphatic heterocycles. The monoisotopic (exact) mass is 249 g/mol. The molecule has 18 heavy (non-hydrogen) atoms. The van der Waals surface area contributed by atoms with E-state index in [-0.39, 0.29) is 5.91 Å². The summed E-state index contributed by atoms with van der Waals surface area (Å²) in [5.74, 6) is -0.000210. The average Bonchev–Trinajstić information content (AvgIpc) is 2.61. The standard InChI is InChI=1S/C14H23N3O/c1-17-10-11(15)9-13(17)14(18)16-12-7-5-3-2-4-6-8-12/h9-10,12H,2-8,15H2,1H3,(H,16,18). The van der Waals surface area contributed by atoms with Gasteiger partial charge in [0.05, 0.1) is 5.69 Å². The van der Waals surface area contributed by atoms with Gasteiger partial charge in [-0.05, 0) is 18.9 Å². The lowest BCUT2D eigenvalue weighted by Crippen LogP contribution is -2.36. The van der Waals surface area contributed by atoms with Gasteiger partial charge in [0.25, 0.3) is 5.91 Å². The molecule has 1 aromatic heterocycles. The number of nitrogen functional groups attached to an aromatic ring is 1. The summed E-state index contributed by atoms with van der Waals surface area (Å²) in [6, 6.07) is 2.06. The molecule has 1 amide bonds. The minimum atomic E-state index is -0.000210. The fourth-order valence-electron chi connectivity index (χ4n) is 2.68. The number of aromatic nitrogens is 1. The van der Waals surface area contributed by atoms with Gasteiger partial charge >= 0.3 is 0 Å². The molecular formula is C14H23N3O. The normalized spacial score (nSPS) is 18.1. The van der Waals surface area contributed by atoms with Crippen molar-refractivity contribution in [2.45, 2.75) is 51.0 Å². The van der Waals surface area contributed by atoms with Crippen LogP contribution in [0.15, 0.2) is 12.3 Å². The average molecular weight is 249 g/mol. The largest absolute Gasteiger partial charge is 0.397 e. The Morgan fingerprint density at radius 2 is 1.89 bits per heavy atom. The Balaban J connectivity index is 1.95. The smallest absolute Gasteiger partial charge is 0.268 e. The number of carbonyl (C=O) groups is 1. The van der Waals surface area contributed by atoms with Crippen LogP contribution in [0.2, 0.25) is 0 Å². The number of nitrogens with zero attached hydrogens (tertiary/aromatic N) is 1. The Labute approximate surface area is 109 Å². The predicted octanol–water partition coefficient (Wildman–Crippen LogP) is 2.45. The van der Waals surface area contributed by atoms with E-state index >= 15 is 0 Å². The highest BCUT2D eigenvalue weighted by atomic mass is 16.2. The van der Waals surface area contributed by atoms with Crippen LogP contribution in [-0.4, -0.2) is 16.5 Å². The fraction of sp³-hybridized carbons (Fsp3) is 0.643. The van der Waals surface area contributed by atoms with Gasteiger partial charge in [-0.2, -0.15) is 0 Å². The van der Waals surface area contributed by atoms with Crippen LogP contribution in [0.3, 0.4) is 0 Å². The molecule has 1 heterocycles. The zero-order valence-corrected chi connectivity index (χ0v) is 11.1. The summed E-state index contributed by atoms with van der Waals surface area (Å²) in [6.07, 6.45) is 10.4. The zero-order valence-electron chi connectivity index (χ0n) is 11.1. The molecule has 100 valence electrons. The molecule has 0 aromatic carbocycles. The molecule has 1 aromatic rings. The van der Waals surface area contributed by atoms with Crippen LogP contribution in [0.1, 0.15) is 55.4 Å². The molecule has 4 nitrogen and oxygen atoms in total. The first-order valence-corrected chi connectivity index (χ1v) is 6.89. The third-order valence-corrected chi connectivity index (χ3v) is 3.70. The van der Waals surface area contributed by atoms with Crippen molar-refractivity contribution in [3.8, 4) is 0 Å². The number of nitrogens with one attached hydrogen (secondary N) is 1. The number of hydrogen-bond donors (Lipinski definition) is 2. The van der Waals surface area contributed by atoms with E-state index in [0.29, 0.717) is 17.4 Å². The molecule has 1 aliphatic carbocycles. The van der Waals surface area contributed by atoms with E-state index in [1.807, 2.05) is 7.05 Å². The third-order valence-electron chi connectivity index (χ3n) is 3.70. The SMILES string of the molecule is Cn1cc(N)cc1C(=O)NC1CCCCCCC1. The molecule has 2 rings (SSSR count). The van der Waals surface area contributed by atoms with Gasteiger partial charge in [-0.1, -0.05) is 32.1 Å². The molecule has 1 fully saturated rings. The van der Waals surface area contributed by atoms with Crippen LogP contribution in [-0.2, 0) is 7.05 Å². The second-order valence-corrected chi connectivity index (χ2v) is 5.29. The maximum absolute atomic E-state index is 12.2. The van der Waals surface area contributed by atoms with Crippen molar-refractivity contribution in [2.24, 2.45) is 7.05 Å². The first-order valence-electron chi connectivity index (χ1n) is 6.89. The van der Waals surface area contributed by atoms with Gasteiger partial charge < -0.3 is 15.6 Å². The molecular weight excluding hydrogens is 226 g/mol. The Hall–Kier alpha value is -1.45. The lowest BCUT2D eigenvalue weighted by molar-refractivity contribution is 0.0922. The summed E-state index contributed by atoms with van der Waals surface area (Å²) >= 11 is 0. The van der Waals surface area contributed by atoms with Crippen LogP contribution in [0.4, 0.5) is 5.69 Å². The Morgan fingerprint density at radius 1 is 1.28 bits per heavy atom. The van der Waals surface area contributed by atoms with Crippen molar-refractivity contribution in [1.29, 1.82) is 0 Å². The molecule has 0 saturated heterocycles. The Bertz CT molecular complexity index is 403. The molecule has 4 heteroatoms. The fourth-order valence-corrected chi connectivity index (χ4v) is 2.68. The Morgan fingerprint density at radius 3 is 2.44 bits per heavy atom. The second kappa shape index (κ2) is 5.94. The number of rotatable bonds is 2. The third kappa shape index (κ3) is 3.28. The zero-order chi connectivity index (χ0) is 13.0. The van der Waals surface area contributed by atoms with Gasteiger partial charge in [0.15, 0.2) is 0 Å². The van der Waals surface area contributed by atoms with Gasteiger partial charge in [0, 0.05) is 19.3 Å². The molecule has 0 radical (unpaired) electrons. The molecule has 0 spiro atoms. The van der Waals surface area contributed by atoms with Crippen molar-refractivity contribution >= 4 is 11.6 Å². The lowest BCUT2D eigenvalue weighted by Gasteiger charge is -2.21. The number of nitrogens with two attached hydrogens (primary N) is 1. The number of hydrogen-bond acceptors (Lipinski definition) is 2. The summed E-state index contributed by atoms with van der Waals surface area (Å²) in [7, 11) is 1.85. The summed E-state index contributed by atoms with van der Waals surface area (Å²) in [6.45, 7) is 0. The van der Waals surface area contributed by atoms with Gasteiger partial charge in [0.2, 0.25) is 0 Å². The quantitative estimate of drug-likeness (QED) is 0.845. The van der Waals surface area contributed by atoms with Crippen molar-refractivity contribution in [2.75, 3.05) is 5.73 Å². The maximum atomic E-state index is 12.2. The number of anilines is 1. The lowest BCUT2D eigenvalue weighted by atomic mass is 9.96. The molecule has 0 unspecified atom stereocenters. The van der Waals surface area contributed by atoms with Crippen LogP contribution in [0, 0.1) is 0 Å². The summed E-state index contributed by atoms with van der Waals surface area (Å²) in [5.41, 5.74) is 6.98. The second-order valence-electron chi connectivity index (χ2n) is 5.29. The van der Waals surface area contributed by atoms with E-state index in [4.69, 9.17) is 5.73 Å². The first-order chi connectivity index (χ1) is 8.66. The first kappa shape index (κ1) is 13.0. The molecule has 3 N–H and O–H groups in total. The van der Waals surface area contributed by atoms with E-state index < -0.39 is 0 Å². The van der Waals surface area contributed by atoms with Gasteiger partial charge in [-0.25, -0.2) is 0 Å². The van der Waals surface area contributed by atoms with Crippen molar-refractivity contribution < 1.29 is 4.79 Å². The van der Waals surface area contributed by atoms with E-state index in [1.165, 1.54) is 32.1 Å². The highest BCUT2D eigenvalue weighted by molar-refractivity contribution is 5.93. The summed E-state index contributed by atoms with van der Waals surface area (Å²) < 4.78 is 1.79. The van der Waals surface area contributed by atoms with Crippen LogP contribution in [0.5, 0.6) is 0 Å². The van der Waals surface area contributed by atoms with Gasteiger partial charge in [-0.3, -0.25) is 4.79 Å². The molecule has 1 aliphatic rings. The van der Waals surface area contributed by atoms with Crippen molar-refractivity contribution in [3.63, 3.8) is 0 Å². The van der Waals surface area contributed by atoms with E-state index in [2.05, 4.69) is 5.32 Å². The highest BCUT2D eigenvalue weighted by Crippen LogP contribution is 2.18. The number of carbonyl (C=O) groups excluding carboxylic acids is 1. The van der Waals surface area contributed by atoms with Gasteiger partial charge in [0.1, 0.15) is 5.69 Å². The predicted molar refractivity (Wildman–Crippen MR) is 73.4 cm³/mol. The van der Waals surface area contributed by atoms with E-state index in [0.717, 1.165) is 12.8 Å². The summed E-state index contributed by atoms with van der Waals surface area (Å²) in [5, 5.41) is 3.14. The van der Waals surface area contributed by atoms with Gasteiger partial charge in [-0.15, -0.1) is 0 Å². The Kier molecular flexibility index (Phi) is 4.28. The van der Waals surface area contributed by atoms with Crippen molar-refractivity contribution in [3.05, 3.63) is 18.0 Å². The van der Waals surface area contributed by atoms with Crippen molar-refractivity contribution in [1.82, 2.24) is 9.88 Å². The highest BCUT2D eigenvalue weighted by Gasteiger charge is 2.17. The van der Waals surface area contributed by atoms with Crippen LogP contribution in [0.25, 0.3) is 0 Å². The minimum Gasteiger partial charge on any atom is -0.397 e.